The molecule has 0 aliphatic rings. The third-order valence-corrected chi connectivity index (χ3v) is 5.63. The summed E-state index contributed by atoms with van der Waals surface area (Å²) in [6, 6.07) is 12.7. The van der Waals surface area contributed by atoms with E-state index in [4.69, 9.17) is 9.47 Å². The Kier molecular flexibility index (Phi) is 6.71. The number of sulfonamides is 1. The van der Waals surface area contributed by atoms with E-state index < -0.39 is 10.0 Å². The summed E-state index contributed by atoms with van der Waals surface area (Å²) in [5, 5.41) is 2.74. The number of benzene rings is 2. The normalized spacial score (nSPS) is 10.9. The maximum absolute atomic E-state index is 12.5. The van der Waals surface area contributed by atoms with Crippen LogP contribution in [0.1, 0.15) is 11.3 Å². The Labute approximate surface area is 180 Å². The van der Waals surface area contributed by atoms with E-state index in [1.807, 2.05) is 0 Å². The molecule has 0 unspecified atom stereocenters. The molecule has 1 aromatic heterocycles. The molecule has 0 atom stereocenters. The first-order chi connectivity index (χ1) is 14.8. The lowest BCUT2D eigenvalue weighted by atomic mass is 10.1. The van der Waals surface area contributed by atoms with Crippen molar-refractivity contribution in [3.05, 3.63) is 66.0 Å². The van der Waals surface area contributed by atoms with Crippen LogP contribution in [-0.4, -0.2) is 38.5 Å². The highest BCUT2D eigenvalue weighted by Gasteiger charge is 2.16. The van der Waals surface area contributed by atoms with Crippen molar-refractivity contribution in [2.24, 2.45) is 0 Å². The van der Waals surface area contributed by atoms with Gasteiger partial charge in [0.1, 0.15) is 0 Å². The molecule has 0 aliphatic carbocycles. The maximum atomic E-state index is 12.5. The summed E-state index contributed by atoms with van der Waals surface area (Å²) in [6.45, 7) is 1.74. The van der Waals surface area contributed by atoms with Crippen molar-refractivity contribution in [2.45, 2.75) is 18.2 Å². The number of nitrogens with one attached hydrogen (secondary N) is 2. The number of carbonyl (C=O) groups excluding carboxylic acids is 1. The minimum atomic E-state index is -3.85. The van der Waals surface area contributed by atoms with Crippen LogP contribution >= 0.6 is 0 Å². The Balaban J connectivity index is 1.65. The zero-order chi connectivity index (χ0) is 22.4. The van der Waals surface area contributed by atoms with Crippen molar-refractivity contribution in [3.63, 3.8) is 0 Å². The summed E-state index contributed by atoms with van der Waals surface area (Å²) < 4.78 is 37.8. The van der Waals surface area contributed by atoms with E-state index in [1.54, 1.807) is 31.2 Å². The molecule has 0 saturated carbocycles. The van der Waals surface area contributed by atoms with E-state index in [0.717, 1.165) is 5.56 Å². The van der Waals surface area contributed by atoms with Gasteiger partial charge >= 0.3 is 0 Å². The molecule has 162 valence electrons. The van der Waals surface area contributed by atoms with Crippen LogP contribution in [0.15, 0.2) is 59.6 Å². The molecule has 2 aromatic carbocycles. The molecule has 10 heteroatoms. The summed E-state index contributed by atoms with van der Waals surface area (Å²) in [4.78, 5) is 20.3. The van der Waals surface area contributed by atoms with Gasteiger partial charge in [0.05, 0.1) is 25.5 Å². The third-order valence-electron chi connectivity index (χ3n) is 4.28. The fraction of sp³-hybridized carbons (Fsp3) is 0.190. The molecule has 2 N–H and O–H groups in total. The first-order valence-electron chi connectivity index (χ1n) is 9.24. The quantitative estimate of drug-likeness (QED) is 0.550. The lowest BCUT2D eigenvalue weighted by Crippen LogP contribution is -2.16. The number of carbonyl (C=O) groups is 1. The van der Waals surface area contributed by atoms with E-state index in [0.29, 0.717) is 22.9 Å². The number of hydrogen-bond acceptors (Lipinski definition) is 7. The van der Waals surface area contributed by atoms with Gasteiger partial charge < -0.3 is 14.8 Å². The van der Waals surface area contributed by atoms with Crippen LogP contribution in [0.5, 0.6) is 11.5 Å². The van der Waals surface area contributed by atoms with Crippen molar-refractivity contribution in [1.82, 2.24) is 9.97 Å². The van der Waals surface area contributed by atoms with Gasteiger partial charge in [-0.05, 0) is 55.0 Å². The highest BCUT2D eigenvalue weighted by atomic mass is 32.2. The largest absolute Gasteiger partial charge is 0.493 e. The van der Waals surface area contributed by atoms with Crippen molar-refractivity contribution >= 4 is 27.6 Å². The second-order valence-corrected chi connectivity index (χ2v) is 8.25. The molecule has 0 spiro atoms. The van der Waals surface area contributed by atoms with E-state index in [2.05, 4.69) is 20.0 Å². The fourth-order valence-electron chi connectivity index (χ4n) is 2.78. The predicted octanol–water partition coefficient (Wildman–Crippen LogP) is 2.78. The molecule has 0 saturated heterocycles. The highest BCUT2D eigenvalue weighted by Crippen LogP contribution is 2.27. The topological polar surface area (TPSA) is 120 Å². The van der Waals surface area contributed by atoms with Gasteiger partial charge in [-0.25, -0.2) is 23.1 Å². The smallest absolute Gasteiger partial charge is 0.264 e. The summed E-state index contributed by atoms with van der Waals surface area (Å²) in [6.07, 6.45) is 1.59. The molecule has 1 amide bonds. The zero-order valence-corrected chi connectivity index (χ0v) is 18.1. The minimum Gasteiger partial charge on any atom is -0.493 e. The van der Waals surface area contributed by atoms with Crippen LogP contribution in [0.3, 0.4) is 0 Å². The van der Waals surface area contributed by atoms with Crippen molar-refractivity contribution in [1.29, 1.82) is 0 Å². The number of aryl methyl sites for hydroxylation is 1. The van der Waals surface area contributed by atoms with E-state index in [-0.39, 0.29) is 23.2 Å². The van der Waals surface area contributed by atoms with Crippen LogP contribution < -0.4 is 19.5 Å². The number of nitrogens with zero attached hydrogens (tertiary/aromatic N) is 2. The van der Waals surface area contributed by atoms with Gasteiger partial charge in [0.25, 0.3) is 10.0 Å². The molecule has 1 heterocycles. The maximum Gasteiger partial charge on any atom is 0.264 e. The Morgan fingerprint density at radius 3 is 2.35 bits per heavy atom. The lowest BCUT2D eigenvalue weighted by molar-refractivity contribution is -0.115. The monoisotopic (exact) mass is 442 g/mol. The Morgan fingerprint density at radius 1 is 1.00 bits per heavy atom. The summed E-state index contributed by atoms with van der Waals surface area (Å²) in [7, 11) is -0.787. The molecule has 0 aliphatic heterocycles. The van der Waals surface area contributed by atoms with Gasteiger partial charge in [0, 0.05) is 17.6 Å². The number of amides is 1. The van der Waals surface area contributed by atoms with Crippen LogP contribution in [0.25, 0.3) is 0 Å². The third kappa shape index (κ3) is 5.70. The second-order valence-electron chi connectivity index (χ2n) is 6.57. The number of aromatic nitrogens is 2. The van der Waals surface area contributed by atoms with E-state index >= 15 is 0 Å². The van der Waals surface area contributed by atoms with Gasteiger partial charge in [-0.15, -0.1) is 0 Å². The number of rotatable bonds is 8. The summed E-state index contributed by atoms with van der Waals surface area (Å²) in [5.74, 6) is 0.849. The molecule has 0 fully saturated rings. The van der Waals surface area contributed by atoms with Gasteiger partial charge in [-0.2, -0.15) is 0 Å². The van der Waals surface area contributed by atoms with E-state index in [9.17, 15) is 13.2 Å². The number of anilines is 2. The van der Waals surface area contributed by atoms with Crippen LogP contribution in [0, 0.1) is 6.92 Å². The molecule has 3 aromatic rings. The first-order valence-corrected chi connectivity index (χ1v) is 10.7. The molecule has 9 nitrogen and oxygen atoms in total. The van der Waals surface area contributed by atoms with Gasteiger partial charge in [0.2, 0.25) is 11.9 Å². The molecule has 0 bridgehead atoms. The lowest BCUT2D eigenvalue weighted by Gasteiger charge is -2.10. The number of hydrogen-bond donors (Lipinski definition) is 2. The standard InChI is InChI=1S/C21H22N4O5S/c1-14-10-11-22-21(23-14)25-31(27,28)17-7-5-16(6-8-17)24-20(26)13-15-4-9-18(29-2)19(12-15)30-3/h4-12H,13H2,1-3H3,(H,24,26)(H,22,23,25). The van der Waals surface area contributed by atoms with Crippen molar-refractivity contribution < 1.29 is 22.7 Å². The molecule has 0 radical (unpaired) electrons. The Hall–Kier alpha value is -3.66. The average molecular weight is 442 g/mol. The van der Waals surface area contributed by atoms with Crippen LogP contribution in [-0.2, 0) is 21.2 Å². The molecule has 31 heavy (non-hydrogen) atoms. The SMILES string of the molecule is COc1ccc(CC(=O)Nc2ccc(S(=O)(=O)Nc3nccc(C)n3)cc2)cc1OC. The first kappa shape index (κ1) is 22.0. The minimum absolute atomic E-state index is 0.00713. The molecular weight excluding hydrogens is 420 g/mol. The zero-order valence-electron chi connectivity index (χ0n) is 17.2. The van der Waals surface area contributed by atoms with Gasteiger partial charge in [-0.3, -0.25) is 4.79 Å². The van der Waals surface area contributed by atoms with Crippen molar-refractivity contribution in [2.75, 3.05) is 24.3 Å². The van der Waals surface area contributed by atoms with E-state index in [1.165, 1.54) is 44.7 Å². The van der Waals surface area contributed by atoms with Crippen molar-refractivity contribution in [3.8, 4) is 11.5 Å². The average Bonchev–Trinajstić information content (AvgIpc) is 2.73. The molecule has 3 rings (SSSR count). The second kappa shape index (κ2) is 9.43. The Morgan fingerprint density at radius 2 is 1.71 bits per heavy atom. The fourth-order valence-corrected chi connectivity index (χ4v) is 3.73. The predicted molar refractivity (Wildman–Crippen MR) is 116 cm³/mol. The summed E-state index contributed by atoms with van der Waals surface area (Å²) >= 11 is 0. The van der Waals surface area contributed by atoms with Gasteiger partial charge in [-0.1, -0.05) is 6.07 Å². The Bertz CT molecular complexity index is 1180. The number of ether oxygens (including phenoxy) is 2. The number of methoxy groups -OCH3 is 2. The molecular formula is C21H22N4O5S. The van der Waals surface area contributed by atoms with Crippen LogP contribution in [0.2, 0.25) is 0 Å². The highest BCUT2D eigenvalue weighted by molar-refractivity contribution is 7.92. The van der Waals surface area contributed by atoms with Crippen LogP contribution in [0.4, 0.5) is 11.6 Å². The van der Waals surface area contributed by atoms with Gasteiger partial charge in [0.15, 0.2) is 11.5 Å². The summed E-state index contributed by atoms with van der Waals surface area (Å²) in [5.41, 5.74) is 1.85.